The van der Waals surface area contributed by atoms with E-state index in [9.17, 15) is 18.0 Å². The van der Waals surface area contributed by atoms with Crippen LogP contribution in [0.4, 0.5) is 13.2 Å². The van der Waals surface area contributed by atoms with Crippen molar-refractivity contribution in [1.29, 1.82) is 0 Å². The molecule has 9 heteroatoms. The molecule has 0 bridgehead atoms. The molecule has 0 aromatic carbocycles. The first kappa shape index (κ1) is 21.0. The molecule has 1 aliphatic carbocycles. The molecule has 2 heterocycles. The van der Waals surface area contributed by atoms with Gasteiger partial charge in [0.1, 0.15) is 5.69 Å². The van der Waals surface area contributed by atoms with E-state index in [0.717, 1.165) is 31.5 Å². The summed E-state index contributed by atoms with van der Waals surface area (Å²) in [5.41, 5.74) is 5.32. The number of halogens is 5. The number of fused-ring (bicyclic) bond motifs is 1. The molecule has 3 unspecified atom stereocenters. The number of aromatic nitrogens is 1. The molecule has 2 fully saturated rings. The zero-order chi connectivity index (χ0) is 15.9. The summed E-state index contributed by atoms with van der Waals surface area (Å²) in [6, 6.07) is 2.16. The van der Waals surface area contributed by atoms with Gasteiger partial charge >= 0.3 is 6.18 Å². The van der Waals surface area contributed by atoms with Crippen LogP contribution in [0.15, 0.2) is 18.3 Å². The van der Waals surface area contributed by atoms with E-state index in [1.165, 1.54) is 6.07 Å². The molecule has 3 rings (SSSR count). The maximum Gasteiger partial charge on any atom is 0.433 e. The SMILES string of the molecule is Cl.Cl.NC1CCCC2CN(C(=O)c3ccc(C(F)(F)F)nc3)CC12. The zero-order valence-corrected chi connectivity index (χ0v) is 14.5. The summed E-state index contributed by atoms with van der Waals surface area (Å²) in [6.45, 7) is 1.23. The highest BCUT2D eigenvalue weighted by Crippen LogP contribution is 2.36. The lowest BCUT2D eigenvalue weighted by Gasteiger charge is -2.29. The number of alkyl halides is 3. The molecule has 136 valence electrons. The molecule has 0 radical (unpaired) electrons. The summed E-state index contributed by atoms with van der Waals surface area (Å²) < 4.78 is 37.5. The Morgan fingerprint density at radius 2 is 1.92 bits per heavy atom. The third-order valence-corrected chi connectivity index (χ3v) is 4.74. The molecule has 1 aromatic rings. The van der Waals surface area contributed by atoms with Crippen molar-refractivity contribution in [3.05, 3.63) is 29.6 Å². The Bertz CT molecular complexity index is 568. The van der Waals surface area contributed by atoms with Crippen LogP contribution in [0.2, 0.25) is 0 Å². The summed E-state index contributed by atoms with van der Waals surface area (Å²) in [7, 11) is 0. The van der Waals surface area contributed by atoms with E-state index in [1.54, 1.807) is 4.90 Å². The highest BCUT2D eigenvalue weighted by molar-refractivity contribution is 5.94. The number of nitrogens with two attached hydrogens (primary N) is 1. The maximum atomic E-state index is 12.5. The van der Waals surface area contributed by atoms with Gasteiger partial charge < -0.3 is 10.6 Å². The highest BCUT2D eigenvalue weighted by Gasteiger charge is 2.40. The molecular weight excluding hydrogens is 366 g/mol. The van der Waals surface area contributed by atoms with Gasteiger partial charge in [-0.05, 0) is 36.8 Å². The molecule has 2 aliphatic rings. The molecule has 1 amide bonds. The Kier molecular flexibility index (Phi) is 6.90. The third-order valence-electron chi connectivity index (χ3n) is 4.74. The van der Waals surface area contributed by atoms with Gasteiger partial charge in [0.25, 0.3) is 5.91 Å². The summed E-state index contributed by atoms with van der Waals surface area (Å²) >= 11 is 0. The predicted octanol–water partition coefficient (Wildman–Crippen LogP) is 3.14. The smallest absolute Gasteiger partial charge is 0.338 e. The third kappa shape index (κ3) is 4.13. The number of nitrogens with zero attached hydrogens (tertiary/aromatic N) is 2. The largest absolute Gasteiger partial charge is 0.433 e. The van der Waals surface area contributed by atoms with Crippen LogP contribution in [0, 0.1) is 11.8 Å². The highest BCUT2D eigenvalue weighted by atomic mass is 35.5. The zero-order valence-electron chi connectivity index (χ0n) is 12.8. The normalized spacial score (nSPS) is 26.2. The number of pyridine rings is 1. The monoisotopic (exact) mass is 385 g/mol. The van der Waals surface area contributed by atoms with Crippen molar-refractivity contribution in [2.24, 2.45) is 17.6 Å². The summed E-state index contributed by atoms with van der Waals surface area (Å²) in [5.74, 6) is 0.457. The van der Waals surface area contributed by atoms with Crippen LogP contribution in [0.1, 0.15) is 35.3 Å². The van der Waals surface area contributed by atoms with Crippen LogP contribution < -0.4 is 5.73 Å². The predicted molar refractivity (Wildman–Crippen MR) is 88.4 cm³/mol. The molecule has 4 nitrogen and oxygen atoms in total. The average molecular weight is 386 g/mol. The van der Waals surface area contributed by atoms with Gasteiger partial charge in [0, 0.05) is 25.3 Å². The van der Waals surface area contributed by atoms with Crippen molar-refractivity contribution < 1.29 is 18.0 Å². The molecule has 24 heavy (non-hydrogen) atoms. The molecule has 1 saturated heterocycles. The molecule has 0 spiro atoms. The van der Waals surface area contributed by atoms with Crippen molar-refractivity contribution in [2.45, 2.75) is 31.5 Å². The summed E-state index contributed by atoms with van der Waals surface area (Å²) in [4.78, 5) is 17.5. The molecule has 2 N–H and O–H groups in total. The maximum absolute atomic E-state index is 12.5. The molecule has 1 aliphatic heterocycles. The van der Waals surface area contributed by atoms with Gasteiger partial charge in [0.05, 0.1) is 5.56 Å². The van der Waals surface area contributed by atoms with Gasteiger partial charge in [0.2, 0.25) is 0 Å². The van der Waals surface area contributed by atoms with Crippen LogP contribution in [0.25, 0.3) is 0 Å². The second kappa shape index (κ2) is 7.89. The number of carbonyl (C=O) groups excluding carboxylic acids is 1. The quantitative estimate of drug-likeness (QED) is 0.807. The minimum atomic E-state index is -4.49. The minimum Gasteiger partial charge on any atom is -0.338 e. The lowest BCUT2D eigenvalue weighted by atomic mass is 9.78. The lowest BCUT2D eigenvalue weighted by molar-refractivity contribution is -0.141. The van der Waals surface area contributed by atoms with Gasteiger partial charge in [-0.1, -0.05) is 6.42 Å². The standard InChI is InChI=1S/C15H18F3N3O.2ClH/c16-15(17,18)13-5-4-9(6-20-13)14(22)21-7-10-2-1-3-12(19)11(10)8-21;;/h4-6,10-12H,1-3,7-8,19H2;2*1H. The fourth-order valence-electron chi connectivity index (χ4n) is 3.55. The van der Waals surface area contributed by atoms with E-state index in [1.807, 2.05) is 0 Å². The number of carbonyl (C=O) groups is 1. The number of likely N-dealkylation sites (tertiary alicyclic amines) is 1. The fraction of sp³-hybridized carbons (Fsp3) is 0.600. The van der Waals surface area contributed by atoms with E-state index in [2.05, 4.69) is 4.98 Å². The van der Waals surface area contributed by atoms with E-state index in [4.69, 9.17) is 5.73 Å². The van der Waals surface area contributed by atoms with Crippen LogP contribution in [0.5, 0.6) is 0 Å². The van der Waals surface area contributed by atoms with E-state index in [0.29, 0.717) is 24.9 Å². The lowest BCUT2D eigenvalue weighted by Crippen LogP contribution is -2.38. The first-order chi connectivity index (χ1) is 10.4. The van der Waals surface area contributed by atoms with Crippen molar-refractivity contribution in [1.82, 2.24) is 9.88 Å². The molecular formula is C15H20Cl2F3N3O. The minimum absolute atomic E-state index is 0. The van der Waals surface area contributed by atoms with Gasteiger partial charge in [0.15, 0.2) is 0 Å². The fourth-order valence-corrected chi connectivity index (χ4v) is 3.55. The van der Waals surface area contributed by atoms with E-state index in [-0.39, 0.29) is 42.3 Å². The van der Waals surface area contributed by atoms with Crippen LogP contribution in [-0.4, -0.2) is 34.9 Å². The Morgan fingerprint density at radius 1 is 1.21 bits per heavy atom. The Morgan fingerprint density at radius 3 is 2.46 bits per heavy atom. The molecule has 1 saturated carbocycles. The molecule has 1 aromatic heterocycles. The first-order valence-electron chi connectivity index (χ1n) is 7.44. The number of amides is 1. The van der Waals surface area contributed by atoms with Crippen molar-refractivity contribution in [3.63, 3.8) is 0 Å². The number of hydrogen-bond donors (Lipinski definition) is 1. The van der Waals surface area contributed by atoms with Crippen LogP contribution in [0.3, 0.4) is 0 Å². The number of hydrogen-bond acceptors (Lipinski definition) is 3. The first-order valence-corrected chi connectivity index (χ1v) is 7.44. The number of rotatable bonds is 1. The second-order valence-electron chi connectivity index (χ2n) is 6.16. The van der Waals surface area contributed by atoms with Crippen molar-refractivity contribution in [2.75, 3.05) is 13.1 Å². The van der Waals surface area contributed by atoms with E-state index >= 15 is 0 Å². The van der Waals surface area contributed by atoms with Crippen LogP contribution in [-0.2, 0) is 6.18 Å². The molecule has 3 atom stereocenters. The van der Waals surface area contributed by atoms with Crippen molar-refractivity contribution in [3.8, 4) is 0 Å². The van der Waals surface area contributed by atoms with Gasteiger partial charge in [-0.15, -0.1) is 24.8 Å². The van der Waals surface area contributed by atoms with Gasteiger partial charge in [-0.2, -0.15) is 13.2 Å². The summed E-state index contributed by atoms with van der Waals surface area (Å²) in [6.07, 6.45) is -0.366. The topological polar surface area (TPSA) is 59.2 Å². The van der Waals surface area contributed by atoms with E-state index < -0.39 is 11.9 Å². The average Bonchev–Trinajstić information content (AvgIpc) is 2.91. The summed E-state index contributed by atoms with van der Waals surface area (Å²) in [5, 5.41) is 0. The van der Waals surface area contributed by atoms with Crippen LogP contribution >= 0.6 is 24.8 Å². The Labute approximate surface area is 150 Å². The van der Waals surface area contributed by atoms with Gasteiger partial charge in [-0.3, -0.25) is 9.78 Å². The second-order valence-corrected chi connectivity index (χ2v) is 6.16. The van der Waals surface area contributed by atoms with Gasteiger partial charge in [-0.25, -0.2) is 0 Å². The van der Waals surface area contributed by atoms with Crippen molar-refractivity contribution >= 4 is 30.7 Å². The Balaban J connectivity index is 0.00000144. The Hall–Kier alpha value is -1.05.